The maximum absolute atomic E-state index is 6.10. The molecular formula is C11H9BrCl2N2. The lowest BCUT2D eigenvalue weighted by Gasteiger charge is -2.09. The molecule has 0 aliphatic carbocycles. The predicted octanol–water partition coefficient (Wildman–Crippen LogP) is 4.70. The molecular weight excluding hydrogens is 311 g/mol. The fourth-order valence-electron chi connectivity index (χ4n) is 1.33. The number of anilines is 1. The van der Waals surface area contributed by atoms with Gasteiger partial charge in [0.1, 0.15) is 0 Å². The van der Waals surface area contributed by atoms with Gasteiger partial charge >= 0.3 is 0 Å². The largest absolute Gasteiger partial charge is 0.378 e. The first-order valence-corrected chi connectivity index (χ1v) is 6.23. The van der Waals surface area contributed by atoms with Crippen LogP contribution in [0.1, 0.15) is 5.69 Å². The van der Waals surface area contributed by atoms with Crippen LogP contribution in [0.4, 0.5) is 5.69 Å². The Kier molecular flexibility index (Phi) is 3.79. The van der Waals surface area contributed by atoms with Gasteiger partial charge in [0.05, 0.1) is 22.3 Å². The molecule has 2 nitrogen and oxygen atoms in total. The number of rotatable bonds is 3. The van der Waals surface area contributed by atoms with Crippen molar-refractivity contribution in [3.8, 4) is 0 Å². The summed E-state index contributed by atoms with van der Waals surface area (Å²) in [5, 5.41) is 4.27. The first kappa shape index (κ1) is 11.8. The summed E-state index contributed by atoms with van der Waals surface area (Å²) < 4.78 is 0.796. The van der Waals surface area contributed by atoms with Gasteiger partial charge in [-0.25, -0.2) is 0 Å². The Labute approximate surface area is 112 Å². The van der Waals surface area contributed by atoms with Crippen LogP contribution in [0.15, 0.2) is 34.9 Å². The van der Waals surface area contributed by atoms with Crippen LogP contribution in [0.5, 0.6) is 0 Å². The average Bonchev–Trinajstić information content (AvgIpc) is 2.78. The van der Waals surface area contributed by atoms with E-state index in [0.29, 0.717) is 16.6 Å². The molecule has 0 aliphatic rings. The Morgan fingerprint density at radius 3 is 2.69 bits per heavy atom. The monoisotopic (exact) mass is 318 g/mol. The van der Waals surface area contributed by atoms with Crippen LogP contribution in [-0.4, -0.2) is 4.98 Å². The Morgan fingerprint density at radius 1 is 1.19 bits per heavy atom. The maximum atomic E-state index is 6.10. The van der Waals surface area contributed by atoms with Crippen molar-refractivity contribution < 1.29 is 0 Å². The minimum atomic E-state index is 0.526. The SMILES string of the molecule is Clc1c(Br)ccc(NCc2ccc[nH]2)c1Cl. The zero-order valence-electron chi connectivity index (χ0n) is 8.23. The Bertz CT molecular complexity index is 483. The quantitative estimate of drug-likeness (QED) is 0.789. The molecule has 0 spiro atoms. The molecule has 0 bridgehead atoms. The predicted molar refractivity (Wildman–Crippen MR) is 72.3 cm³/mol. The van der Waals surface area contributed by atoms with Crippen molar-refractivity contribution in [2.75, 3.05) is 5.32 Å². The zero-order chi connectivity index (χ0) is 11.5. The molecule has 0 amide bonds. The Hall–Kier alpha value is -0.640. The first-order chi connectivity index (χ1) is 7.68. The minimum absolute atomic E-state index is 0.526. The van der Waals surface area contributed by atoms with Gasteiger partial charge in [-0.15, -0.1) is 0 Å². The highest BCUT2D eigenvalue weighted by atomic mass is 79.9. The Morgan fingerprint density at radius 2 is 2.00 bits per heavy atom. The standard InChI is InChI=1S/C11H9BrCl2N2/c12-8-3-4-9(11(14)10(8)13)16-6-7-2-1-5-15-7/h1-5,15-16H,6H2. The van der Waals surface area contributed by atoms with Crippen LogP contribution in [-0.2, 0) is 6.54 Å². The molecule has 84 valence electrons. The number of benzene rings is 1. The van der Waals surface area contributed by atoms with Gasteiger partial charge in [-0.1, -0.05) is 23.2 Å². The molecule has 0 fully saturated rings. The molecule has 0 unspecified atom stereocenters. The molecule has 2 N–H and O–H groups in total. The molecule has 1 aromatic carbocycles. The molecule has 2 aromatic rings. The van der Waals surface area contributed by atoms with E-state index in [1.165, 1.54) is 0 Å². The van der Waals surface area contributed by atoms with Crippen LogP contribution >= 0.6 is 39.1 Å². The highest BCUT2D eigenvalue weighted by molar-refractivity contribution is 9.10. The van der Waals surface area contributed by atoms with Crippen molar-refractivity contribution in [3.05, 3.63) is 50.7 Å². The van der Waals surface area contributed by atoms with Crippen molar-refractivity contribution in [2.24, 2.45) is 0 Å². The van der Waals surface area contributed by atoms with Gasteiger partial charge in [0.25, 0.3) is 0 Å². The lowest BCUT2D eigenvalue weighted by molar-refractivity contribution is 1.07. The van der Waals surface area contributed by atoms with Gasteiger partial charge in [-0.2, -0.15) is 0 Å². The van der Waals surface area contributed by atoms with Crippen LogP contribution in [0.3, 0.4) is 0 Å². The number of halogens is 3. The lowest BCUT2D eigenvalue weighted by atomic mass is 10.3. The molecule has 0 saturated carbocycles. The van der Waals surface area contributed by atoms with Crippen molar-refractivity contribution in [1.29, 1.82) is 0 Å². The zero-order valence-corrected chi connectivity index (χ0v) is 11.3. The summed E-state index contributed by atoms with van der Waals surface area (Å²) in [6.45, 7) is 0.685. The third-order valence-electron chi connectivity index (χ3n) is 2.17. The van der Waals surface area contributed by atoms with E-state index in [-0.39, 0.29) is 0 Å². The van der Waals surface area contributed by atoms with Gasteiger partial charge < -0.3 is 10.3 Å². The number of nitrogens with one attached hydrogen (secondary N) is 2. The maximum Gasteiger partial charge on any atom is 0.0835 e. The fourth-order valence-corrected chi connectivity index (χ4v) is 2.17. The molecule has 2 rings (SSSR count). The second kappa shape index (κ2) is 5.13. The normalized spacial score (nSPS) is 10.4. The molecule has 16 heavy (non-hydrogen) atoms. The molecule has 1 aromatic heterocycles. The van der Waals surface area contributed by atoms with Crippen molar-refractivity contribution in [2.45, 2.75) is 6.54 Å². The van der Waals surface area contributed by atoms with E-state index in [1.54, 1.807) is 0 Å². The molecule has 1 heterocycles. The van der Waals surface area contributed by atoms with E-state index < -0.39 is 0 Å². The van der Waals surface area contributed by atoms with E-state index in [4.69, 9.17) is 23.2 Å². The van der Waals surface area contributed by atoms with Crippen molar-refractivity contribution in [3.63, 3.8) is 0 Å². The summed E-state index contributed by atoms with van der Waals surface area (Å²) in [5.41, 5.74) is 1.92. The molecule has 0 aliphatic heterocycles. The van der Waals surface area contributed by atoms with Crippen molar-refractivity contribution in [1.82, 2.24) is 4.98 Å². The van der Waals surface area contributed by atoms with Gasteiger partial charge in [0.15, 0.2) is 0 Å². The van der Waals surface area contributed by atoms with E-state index >= 15 is 0 Å². The second-order valence-corrected chi connectivity index (χ2v) is 4.88. The molecule has 5 heteroatoms. The molecule has 0 radical (unpaired) electrons. The second-order valence-electron chi connectivity index (χ2n) is 3.27. The summed E-state index contributed by atoms with van der Waals surface area (Å²) in [4.78, 5) is 3.11. The van der Waals surface area contributed by atoms with Gasteiger partial charge in [0.2, 0.25) is 0 Å². The average molecular weight is 320 g/mol. The summed E-state index contributed by atoms with van der Waals surface area (Å²) in [7, 11) is 0. The van der Waals surface area contributed by atoms with Gasteiger partial charge in [0, 0.05) is 16.4 Å². The van der Waals surface area contributed by atoms with Crippen LogP contribution in [0.25, 0.3) is 0 Å². The van der Waals surface area contributed by atoms with Gasteiger partial charge in [-0.3, -0.25) is 0 Å². The smallest absolute Gasteiger partial charge is 0.0835 e. The Balaban J connectivity index is 2.13. The highest BCUT2D eigenvalue weighted by Gasteiger charge is 2.07. The lowest BCUT2D eigenvalue weighted by Crippen LogP contribution is -2.00. The number of hydrogen-bond donors (Lipinski definition) is 2. The minimum Gasteiger partial charge on any atom is -0.378 e. The molecule has 0 atom stereocenters. The van der Waals surface area contributed by atoms with Crippen molar-refractivity contribution >= 4 is 44.8 Å². The van der Waals surface area contributed by atoms with Crippen LogP contribution < -0.4 is 5.32 Å². The van der Waals surface area contributed by atoms with E-state index in [9.17, 15) is 0 Å². The highest BCUT2D eigenvalue weighted by Crippen LogP contribution is 2.35. The third kappa shape index (κ3) is 2.54. The summed E-state index contributed by atoms with van der Waals surface area (Å²) >= 11 is 15.4. The van der Waals surface area contributed by atoms with Crippen LogP contribution in [0.2, 0.25) is 10.0 Å². The topological polar surface area (TPSA) is 27.8 Å². The summed E-state index contributed by atoms with van der Waals surface area (Å²) in [6, 6.07) is 7.71. The number of aromatic nitrogens is 1. The van der Waals surface area contributed by atoms with Crippen LogP contribution in [0, 0.1) is 0 Å². The summed E-state index contributed by atoms with van der Waals surface area (Å²) in [5.74, 6) is 0. The first-order valence-electron chi connectivity index (χ1n) is 4.68. The fraction of sp³-hybridized carbons (Fsp3) is 0.0909. The van der Waals surface area contributed by atoms with E-state index in [2.05, 4.69) is 26.2 Å². The van der Waals surface area contributed by atoms with Gasteiger partial charge in [-0.05, 0) is 40.2 Å². The number of H-pyrrole nitrogens is 1. The summed E-state index contributed by atoms with van der Waals surface area (Å²) in [6.07, 6.45) is 1.88. The van der Waals surface area contributed by atoms with E-state index in [1.807, 2.05) is 30.5 Å². The van der Waals surface area contributed by atoms with E-state index in [0.717, 1.165) is 15.9 Å². The number of hydrogen-bond acceptors (Lipinski definition) is 1. The number of aromatic amines is 1. The third-order valence-corrected chi connectivity index (χ3v) is 3.94. The molecule has 0 saturated heterocycles.